The zero-order valence-corrected chi connectivity index (χ0v) is 21.0. The Kier molecular flexibility index (Phi) is 6.40. The fourth-order valence-corrected chi connectivity index (χ4v) is 5.03. The standard InChI is InChI=1S/C25H28N6O3S/c1-15(2)30-7-8-31(25(30)32)18-10-20-23(21(11-18)34-16(3)12-33-4)24(27-13-26-20)29-17-5-6-19-22(9-17)35-14-28-19/h5-6,9-11,13-16H,7-8,12H2,1-4H3,(H,26,27,29)/t16-/m1/s1. The van der Waals surface area contributed by atoms with Gasteiger partial charge in [0.15, 0.2) is 0 Å². The van der Waals surface area contributed by atoms with E-state index in [0.29, 0.717) is 36.8 Å². The van der Waals surface area contributed by atoms with Gasteiger partial charge >= 0.3 is 6.03 Å². The van der Waals surface area contributed by atoms with Gasteiger partial charge in [-0.05, 0) is 45.0 Å². The normalized spacial score (nSPS) is 14.9. The van der Waals surface area contributed by atoms with Gasteiger partial charge in [-0.2, -0.15) is 0 Å². The lowest BCUT2D eigenvalue weighted by atomic mass is 10.1. The Hall–Kier alpha value is -3.50. The minimum Gasteiger partial charge on any atom is -0.487 e. The Labute approximate surface area is 207 Å². The molecule has 2 aromatic heterocycles. The molecule has 0 bridgehead atoms. The van der Waals surface area contributed by atoms with Gasteiger partial charge in [-0.3, -0.25) is 4.90 Å². The van der Waals surface area contributed by atoms with Crippen molar-refractivity contribution in [1.82, 2.24) is 19.9 Å². The maximum atomic E-state index is 13.1. The number of nitrogens with zero attached hydrogens (tertiary/aromatic N) is 5. The van der Waals surface area contributed by atoms with Gasteiger partial charge in [0, 0.05) is 38.0 Å². The van der Waals surface area contributed by atoms with Gasteiger partial charge in [0.25, 0.3) is 0 Å². The van der Waals surface area contributed by atoms with Crippen LogP contribution in [0.15, 0.2) is 42.2 Å². The van der Waals surface area contributed by atoms with Crippen molar-refractivity contribution in [2.45, 2.75) is 32.9 Å². The number of rotatable bonds is 8. The molecule has 5 rings (SSSR count). The fourth-order valence-electron chi connectivity index (χ4n) is 4.31. The Morgan fingerprint density at radius 1 is 1.09 bits per heavy atom. The number of methoxy groups -OCH3 is 1. The first-order valence-electron chi connectivity index (χ1n) is 11.6. The molecule has 1 saturated heterocycles. The van der Waals surface area contributed by atoms with E-state index in [1.165, 1.54) is 6.33 Å². The van der Waals surface area contributed by atoms with Crippen molar-refractivity contribution in [2.24, 2.45) is 0 Å². The Morgan fingerprint density at radius 2 is 1.94 bits per heavy atom. The van der Waals surface area contributed by atoms with Crippen molar-refractivity contribution in [3.05, 3.63) is 42.2 Å². The van der Waals surface area contributed by atoms with Crippen LogP contribution in [0.1, 0.15) is 20.8 Å². The molecule has 0 saturated carbocycles. The summed E-state index contributed by atoms with van der Waals surface area (Å²) in [7, 11) is 1.64. The van der Waals surface area contributed by atoms with E-state index in [-0.39, 0.29) is 18.2 Å². The van der Waals surface area contributed by atoms with Crippen LogP contribution in [-0.2, 0) is 4.74 Å². The first-order valence-corrected chi connectivity index (χ1v) is 12.5. The van der Waals surface area contributed by atoms with Crippen molar-refractivity contribution >= 4 is 55.7 Å². The molecule has 1 aliphatic heterocycles. The molecule has 2 amide bonds. The molecule has 2 aromatic carbocycles. The van der Waals surface area contributed by atoms with Crippen LogP contribution in [0.3, 0.4) is 0 Å². The van der Waals surface area contributed by atoms with Crippen LogP contribution in [0.25, 0.3) is 21.1 Å². The van der Waals surface area contributed by atoms with Gasteiger partial charge in [0.1, 0.15) is 24.0 Å². The average Bonchev–Trinajstić information content (AvgIpc) is 3.45. The summed E-state index contributed by atoms with van der Waals surface area (Å²) in [4.78, 5) is 30.1. The summed E-state index contributed by atoms with van der Waals surface area (Å²) in [6, 6.07) is 9.95. The van der Waals surface area contributed by atoms with Crippen molar-refractivity contribution in [1.29, 1.82) is 0 Å². The van der Waals surface area contributed by atoms with Crippen molar-refractivity contribution in [3.63, 3.8) is 0 Å². The van der Waals surface area contributed by atoms with Crippen LogP contribution in [0.4, 0.5) is 22.0 Å². The highest BCUT2D eigenvalue weighted by Gasteiger charge is 2.32. The number of ether oxygens (including phenoxy) is 2. The highest BCUT2D eigenvalue weighted by molar-refractivity contribution is 7.16. The smallest absolute Gasteiger partial charge is 0.324 e. The number of fused-ring (bicyclic) bond motifs is 2. The van der Waals surface area contributed by atoms with Crippen LogP contribution in [0.5, 0.6) is 5.75 Å². The topological polar surface area (TPSA) is 92.7 Å². The van der Waals surface area contributed by atoms with Crippen LogP contribution >= 0.6 is 11.3 Å². The van der Waals surface area contributed by atoms with Crippen molar-refractivity contribution in [3.8, 4) is 5.75 Å². The molecule has 0 spiro atoms. The number of thiazole rings is 1. The molecule has 1 aliphatic rings. The molecule has 1 fully saturated rings. The summed E-state index contributed by atoms with van der Waals surface area (Å²) < 4.78 is 12.7. The second-order valence-electron chi connectivity index (χ2n) is 8.83. The van der Waals surface area contributed by atoms with Gasteiger partial charge in [0.05, 0.1) is 38.9 Å². The van der Waals surface area contributed by atoms with E-state index in [4.69, 9.17) is 9.47 Å². The van der Waals surface area contributed by atoms with Crippen molar-refractivity contribution in [2.75, 3.05) is 37.0 Å². The molecule has 3 heterocycles. The maximum absolute atomic E-state index is 13.1. The van der Waals surface area contributed by atoms with Gasteiger partial charge in [-0.1, -0.05) is 0 Å². The summed E-state index contributed by atoms with van der Waals surface area (Å²) in [6.45, 7) is 7.71. The second kappa shape index (κ2) is 9.63. The summed E-state index contributed by atoms with van der Waals surface area (Å²) in [5.74, 6) is 1.22. The van der Waals surface area contributed by atoms with Gasteiger partial charge in [0.2, 0.25) is 0 Å². The molecule has 4 aromatic rings. The van der Waals surface area contributed by atoms with Crippen molar-refractivity contribution < 1.29 is 14.3 Å². The van der Waals surface area contributed by atoms with Crippen LogP contribution < -0.4 is 15.0 Å². The van der Waals surface area contributed by atoms with Crippen LogP contribution in [-0.4, -0.2) is 64.8 Å². The zero-order valence-electron chi connectivity index (χ0n) is 20.2. The quantitative estimate of drug-likeness (QED) is 0.368. The predicted octanol–water partition coefficient (Wildman–Crippen LogP) is 5.05. The molecule has 182 valence electrons. The van der Waals surface area contributed by atoms with Gasteiger partial charge < -0.3 is 19.7 Å². The number of anilines is 3. The minimum atomic E-state index is -0.207. The third kappa shape index (κ3) is 4.59. The number of carbonyl (C=O) groups excluding carboxylic acids is 1. The van der Waals surface area contributed by atoms with Gasteiger partial charge in [-0.15, -0.1) is 11.3 Å². The molecule has 35 heavy (non-hydrogen) atoms. The Balaban J connectivity index is 1.57. The molecule has 9 nitrogen and oxygen atoms in total. The first kappa shape index (κ1) is 23.3. The molecule has 1 atom stereocenters. The third-order valence-corrected chi connectivity index (χ3v) is 6.78. The third-order valence-electron chi connectivity index (χ3n) is 5.99. The van der Waals surface area contributed by atoms with E-state index < -0.39 is 0 Å². The number of hydrogen-bond donors (Lipinski definition) is 1. The number of carbonyl (C=O) groups is 1. The SMILES string of the molecule is COC[C@@H](C)Oc1cc(N2CCN(C(C)C)C2=O)cc2ncnc(Nc3ccc4ncsc4c3)c12. The number of benzene rings is 2. The highest BCUT2D eigenvalue weighted by atomic mass is 32.1. The number of urea groups is 1. The summed E-state index contributed by atoms with van der Waals surface area (Å²) >= 11 is 1.59. The van der Waals surface area contributed by atoms with E-state index >= 15 is 0 Å². The number of nitrogens with one attached hydrogen (secondary N) is 1. The van der Waals surface area contributed by atoms with Crippen LogP contribution in [0.2, 0.25) is 0 Å². The maximum Gasteiger partial charge on any atom is 0.324 e. The zero-order chi connectivity index (χ0) is 24.5. The number of hydrogen-bond acceptors (Lipinski definition) is 8. The molecular weight excluding hydrogens is 464 g/mol. The minimum absolute atomic E-state index is 0.0134. The predicted molar refractivity (Wildman–Crippen MR) is 139 cm³/mol. The van der Waals surface area contributed by atoms with Gasteiger partial charge in [-0.25, -0.2) is 19.7 Å². The summed E-state index contributed by atoms with van der Waals surface area (Å²) in [5.41, 5.74) is 5.12. The molecule has 0 aliphatic carbocycles. The second-order valence-corrected chi connectivity index (χ2v) is 9.71. The average molecular weight is 493 g/mol. The summed E-state index contributed by atoms with van der Waals surface area (Å²) in [6.07, 6.45) is 1.32. The lowest BCUT2D eigenvalue weighted by Gasteiger charge is -2.23. The Bertz CT molecular complexity index is 1370. The van der Waals surface area contributed by atoms with E-state index in [0.717, 1.165) is 27.0 Å². The number of amides is 2. The molecule has 10 heteroatoms. The molecule has 0 radical (unpaired) electrons. The van der Waals surface area contributed by atoms with Crippen LogP contribution in [0, 0.1) is 0 Å². The van der Waals surface area contributed by atoms with E-state index in [1.807, 2.05) is 61.5 Å². The first-order chi connectivity index (χ1) is 16.9. The molecular formula is C25H28N6O3S. The highest BCUT2D eigenvalue weighted by Crippen LogP contribution is 2.37. The fraction of sp³-hybridized carbons (Fsp3) is 0.360. The number of aromatic nitrogens is 3. The largest absolute Gasteiger partial charge is 0.487 e. The van der Waals surface area contributed by atoms with E-state index in [1.54, 1.807) is 23.3 Å². The Morgan fingerprint density at radius 3 is 2.71 bits per heavy atom. The lowest BCUT2D eigenvalue weighted by molar-refractivity contribution is 0.0931. The monoisotopic (exact) mass is 492 g/mol. The molecule has 1 N–H and O–H groups in total. The molecule has 0 unspecified atom stereocenters. The summed E-state index contributed by atoms with van der Waals surface area (Å²) in [5, 5.41) is 4.17. The van der Waals surface area contributed by atoms with E-state index in [2.05, 4.69) is 20.3 Å². The lowest BCUT2D eigenvalue weighted by Crippen LogP contribution is -2.36. The van der Waals surface area contributed by atoms with E-state index in [9.17, 15) is 4.79 Å².